The summed E-state index contributed by atoms with van der Waals surface area (Å²) in [4.78, 5) is 22.5. The molecule has 1 rings (SSSR count). The number of ether oxygens (including phenoxy) is 2. The normalized spacial score (nSPS) is 15.2. The number of allylic oxidation sites excluding steroid dienone is 2. The number of alkyl halides is 15. The van der Waals surface area contributed by atoms with Gasteiger partial charge in [-0.2, -0.15) is 70.2 Å². The molecule has 0 aromatic heterocycles. The number of rotatable bonds is 11. The van der Waals surface area contributed by atoms with Gasteiger partial charge in [-0.3, -0.25) is 0 Å². The zero-order chi connectivity index (χ0) is 33.5. The predicted molar refractivity (Wildman–Crippen MR) is 98.9 cm³/mol. The average Bonchev–Trinajstić information content (AvgIpc) is 2.81. The monoisotopic (exact) mass is 652 g/mol. The van der Waals surface area contributed by atoms with Crippen molar-refractivity contribution in [3.05, 3.63) is 53.3 Å². The van der Waals surface area contributed by atoms with Crippen molar-refractivity contribution in [1.82, 2.24) is 0 Å². The molecule has 1 aromatic carbocycles. The van der Waals surface area contributed by atoms with Crippen LogP contribution in [0.5, 0.6) is 5.75 Å². The molecule has 0 aliphatic rings. The molecule has 0 aliphatic carbocycles. The van der Waals surface area contributed by atoms with Crippen molar-refractivity contribution in [3.8, 4) is 5.75 Å². The zero-order valence-electron chi connectivity index (χ0n) is 19.4. The van der Waals surface area contributed by atoms with Crippen molar-refractivity contribution in [2.24, 2.45) is 0 Å². The maximum absolute atomic E-state index is 13.8. The predicted octanol–water partition coefficient (Wildman–Crippen LogP) is 7.69. The smallest absolute Gasteiger partial charge is 0.460 e. The first kappa shape index (κ1) is 36.3. The Morgan fingerprint density at radius 1 is 0.738 bits per heavy atom. The fourth-order valence-corrected chi connectivity index (χ4v) is 2.45. The van der Waals surface area contributed by atoms with Crippen molar-refractivity contribution in [1.29, 1.82) is 0 Å². The molecule has 0 bridgehead atoms. The van der Waals surface area contributed by atoms with Crippen molar-refractivity contribution in [2.75, 3.05) is 0 Å². The highest BCUT2D eigenvalue weighted by atomic mass is 19.4. The van der Waals surface area contributed by atoms with Crippen LogP contribution in [0.2, 0.25) is 0 Å². The second kappa shape index (κ2) is 11.2. The van der Waals surface area contributed by atoms with E-state index in [9.17, 15) is 84.2 Å². The largest absolute Gasteiger partial charge is 0.478 e. The molecule has 0 saturated heterocycles. The molecule has 0 fully saturated rings. The van der Waals surface area contributed by atoms with E-state index in [-0.39, 0.29) is 13.0 Å². The Balaban J connectivity index is 3.39. The Bertz CT molecular complexity index is 1260. The third-order valence-electron chi connectivity index (χ3n) is 4.57. The Morgan fingerprint density at radius 2 is 1.21 bits per heavy atom. The van der Waals surface area contributed by atoms with E-state index in [1.165, 1.54) is 0 Å². The van der Waals surface area contributed by atoms with Gasteiger partial charge in [-0.25, -0.2) is 14.0 Å². The minimum absolute atomic E-state index is 0.215. The maximum Gasteiger partial charge on any atom is 0.460 e. The molecule has 0 unspecified atom stereocenters. The van der Waals surface area contributed by atoms with E-state index in [4.69, 9.17) is 5.11 Å². The van der Waals surface area contributed by atoms with E-state index in [1.807, 2.05) is 0 Å². The summed E-state index contributed by atoms with van der Waals surface area (Å²) in [6, 6.07) is 3.57. The van der Waals surface area contributed by atoms with Crippen LogP contribution >= 0.6 is 0 Å². The zero-order valence-corrected chi connectivity index (χ0v) is 19.4. The maximum atomic E-state index is 13.8. The lowest BCUT2D eigenvalue weighted by atomic mass is 9.93. The van der Waals surface area contributed by atoms with Crippen molar-refractivity contribution in [3.63, 3.8) is 0 Å². The highest BCUT2D eigenvalue weighted by Gasteiger charge is 2.91. The van der Waals surface area contributed by atoms with Gasteiger partial charge in [-0.05, 0) is 25.1 Å². The van der Waals surface area contributed by atoms with Crippen LogP contribution in [0.1, 0.15) is 17.3 Å². The van der Waals surface area contributed by atoms with Crippen LogP contribution in [-0.2, 0) is 9.53 Å². The lowest BCUT2D eigenvalue weighted by molar-refractivity contribution is -0.438. The van der Waals surface area contributed by atoms with Crippen LogP contribution in [0, 0.1) is 0 Å². The van der Waals surface area contributed by atoms with E-state index in [0.29, 0.717) is 6.07 Å². The minimum Gasteiger partial charge on any atom is -0.478 e. The number of aromatic carboxylic acids is 1. The van der Waals surface area contributed by atoms with Crippen LogP contribution in [0.25, 0.3) is 0 Å². The minimum atomic E-state index is -8.60. The number of carbonyl (C=O) groups is 2. The number of carbonyl (C=O) groups excluding carboxylic acids is 1. The molecule has 22 heteroatoms. The average molecular weight is 652 g/mol. The highest BCUT2D eigenvalue weighted by molar-refractivity contribution is 5.89. The standard InChI is InChI=1S/C20H9F17O5/c1-7(5-10(38)41-9-4-2-3-8(6-9)13(39)40)42-15(25,26)12(22)11(21)14(23,24)16(27,28)17(29,30)18(31,32)19(33,34)20(35,36)37/h2-6H,1H3,(H,39,40). The quantitative estimate of drug-likeness (QED) is 0.0873. The Hall–Kier alpha value is -3.75. The number of halogens is 17. The second-order valence-corrected chi connectivity index (χ2v) is 7.63. The third-order valence-corrected chi connectivity index (χ3v) is 4.57. The molecule has 1 aromatic rings. The fourth-order valence-electron chi connectivity index (χ4n) is 2.45. The number of esters is 1. The summed E-state index contributed by atoms with van der Waals surface area (Å²) in [7, 11) is 0. The van der Waals surface area contributed by atoms with Crippen LogP contribution < -0.4 is 4.74 Å². The van der Waals surface area contributed by atoms with Gasteiger partial charge < -0.3 is 14.6 Å². The molecule has 0 aliphatic heterocycles. The van der Waals surface area contributed by atoms with Crippen LogP contribution in [0.3, 0.4) is 0 Å². The topological polar surface area (TPSA) is 72.8 Å². The molecule has 0 spiro atoms. The summed E-state index contributed by atoms with van der Waals surface area (Å²) in [5.41, 5.74) is -0.491. The van der Waals surface area contributed by atoms with Gasteiger partial charge in [0.25, 0.3) is 0 Å². The van der Waals surface area contributed by atoms with Gasteiger partial charge in [-0.15, -0.1) is 0 Å². The molecular weight excluding hydrogens is 643 g/mol. The van der Waals surface area contributed by atoms with Crippen LogP contribution in [0.15, 0.2) is 47.8 Å². The van der Waals surface area contributed by atoms with Gasteiger partial charge in [0.15, 0.2) is 0 Å². The summed E-state index contributed by atoms with van der Waals surface area (Å²) < 4.78 is 232. The summed E-state index contributed by atoms with van der Waals surface area (Å²) in [6.07, 6.45) is -14.3. The summed E-state index contributed by atoms with van der Waals surface area (Å²) >= 11 is 0. The number of hydrogen-bond donors (Lipinski definition) is 1. The van der Waals surface area contributed by atoms with Gasteiger partial charge in [0, 0.05) is 0 Å². The van der Waals surface area contributed by atoms with Crippen molar-refractivity contribution in [2.45, 2.75) is 48.8 Å². The van der Waals surface area contributed by atoms with Gasteiger partial charge in [-0.1, -0.05) is 6.07 Å². The van der Waals surface area contributed by atoms with Gasteiger partial charge in [0.05, 0.1) is 11.6 Å². The van der Waals surface area contributed by atoms with E-state index in [2.05, 4.69) is 9.47 Å². The fraction of sp³-hybridized carbons (Fsp3) is 0.400. The highest BCUT2D eigenvalue weighted by Crippen LogP contribution is 2.61. The molecular formula is C20H9F17O5. The van der Waals surface area contributed by atoms with Crippen LogP contribution in [0.4, 0.5) is 74.6 Å². The van der Waals surface area contributed by atoms with Gasteiger partial charge >= 0.3 is 53.8 Å². The van der Waals surface area contributed by atoms with E-state index in [0.717, 1.165) is 18.2 Å². The molecule has 0 saturated carbocycles. The first-order valence-electron chi connectivity index (χ1n) is 9.81. The Labute approximate surface area is 219 Å². The molecule has 0 heterocycles. The molecule has 0 atom stereocenters. The van der Waals surface area contributed by atoms with E-state index in [1.54, 1.807) is 0 Å². The Morgan fingerprint density at radius 3 is 1.67 bits per heavy atom. The molecule has 238 valence electrons. The first-order chi connectivity index (χ1) is 18.5. The number of carboxylic acids is 1. The van der Waals surface area contributed by atoms with Crippen LogP contribution in [-0.4, -0.2) is 58.9 Å². The molecule has 42 heavy (non-hydrogen) atoms. The Kier molecular flexibility index (Phi) is 9.63. The summed E-state index contributed by atoms with van der Waals surface area (Å²) in [5.74, 6) is -57.1. The number of benzene rings is 1. The third kappa shape index (κ3) is 6.35. The van der Waals surface area contributed by atoms with E-state index < -0.39 is 82.6 Å². The lowest BCUT2D eigenvalue weighted by Gasteiger charge is -2.39. The van der Waals surface area contributed by atoms with Crippen molar-refractivity contribution < 1.29 is 98.8 Å². The number of hydrogen-bond acceptors (Lipinski definition) is 4. The number of carboxylic acid groups (broad SMARTS) is 1. The first-order valence-corrected chi connectivity index (χ1v) is 9.81. The van der Waals surface area contributed by atoms with Gasteiger partial charge in [0.2, 0.25) is 11.7 Å². The summed E-state index contributed by atoms with van der Waals surface area (Å²) in [6.45, 7) is 0.217. The van der Waals surface area contributed by atoms with Gasteiger partial charge in [0.1, 0.15) is 11.5 Å². The molecule has 5 nitrogen and oxygen atoms in total. The van der Waals surface area contributed by atoms with E-state index >= 15 is 0 Å². The molecule has 0 amide bonds. The SMILES string of the molecule is CC(=CC(=O)Oc1cccc(C(=O)O)c1)OC(F)(F)C(F)=C(F)C(F)(F)C(F)(F)C(F)(F)C(F)(F)C(F)(F)C(F)(F)F. The summed E-state index contributed by atoms with van der Waals surface area (Å²) in [5, 5.41) is 8.79. The lowest BCUT2D eigenvalue weighted by Crippen LogP contribution is -2.70. The van der Waals surface area contributed by atoms with Crippen molar-refractivity contribution >= 4 is 11.9 Å². The molecule has 0 radical (unpaired) electrons. The second-order valence-electron chi connectivity index (χ2n) is 7.63. The molecule has 1 N–H and O–H groups in total.